The maximum Gasteiger partial charge on any atom is 0.345 e. The van der Waals surface area contributed by atoms with E-state index in [1.807, 2.05) is 0 Å². The summed E-state index contributed by atoms with van der Waals surface area (Å²) < 4.78 is 10.4. The molecule has 0 bridgehead atoms. The second-order valence-corrected chi connectivity index (χ2v) is 7.28. The summed E-state index contributed by atoms with van der Waals surface area (Å²) in [5.74, 6) is -1.87. The molecule has 0 radical (unpaired) electrons. The predicted molar refractivity (Wildman–Crippen MR) is 125 cm³/mol. The molecule has 0 spiro atoms. The van der Waals surface area contributed by atoms with E-state index in [4.69, 9.17) is 32.7 Å². The van der Waals surface area contributed by atoms with E-state index >= 15 is 0 Å². The summed E-state index contributed by atoms with van der Waals surface area (Å²) in [6, 6.07) is 17.5. The summed E-state index contributed by atoms with van der Waals surface area (Å²) >= 11 is 11.9. The van der Waals surface area contributed by atoms with Crippen LogP contribution in [0.25, 0.3) is 0 Å². The Kier molecular flexibility index (Phi) is 8.01. The Morgan fingerprint density at radius 1 is 0.939 bits per heavy atom. The molecule has 0 saturated carbocycles. The molecule has 2 N–H and O–H groups in total. The number of rotatable bonds is 6. The van der Waals surface area contributed by atoms with Crippen LogP contribution < -0.4 is 20.2 Å². The molecular weight excluding hydrogens is 469 g/mol. The summed E-state index contributed by atoms with van der Waals surface area (Å²) in [6.07, 6.45) is 1.32. The van der Waals surface area contributed by atoms with Crippen molar-refractivity contribution < 1.29 is 23.9 Å². The smallest absolute Gasteiger partial charge is 0.345 e. The number of halogens is 2. The number of benzene rings is 3. The van der Waals surface area contributed by atoms with Crippen LogP contribution in [0.5, 0.6) is 11.5 Å². The number of nitrogens with zero attached hydrogens (tertiary/aromatic N) is 1. The fourth-order valence-corrected chi connectivity index (χ4v) is 2.97. The van der Waals surface area contributed by atoms with Crippen LogP contribution in [0.3, 0.4) is 0 Å². The lowest BCUT2D eigenvalue weighted by Gasteiger charge is -2.09. The van der Waals surface area contributed by atoms with Gasteiger partial charge in [-0.1, -0.05) is 35.3 Å². The number of hydrazone groups is 1. The Labute approximate surface area is 199 Å². The van der Waals surface area contributed by atoms with E-state index in [9.17, 15) is 14.4 Å². The van der Waals surface area contributed by atoms with Crippen molar-refractivity contribution in [1.82, 2.24) is 5.43 Å². The van der Waals surface area contributed by atoms with Gasteiger partial charge in [-0.15, -0.1) is 0 Å². The Balaban J connectivity index is 1.54. The largest absolute Gasteiger partial charge is 0.495 e. The SMILES string of the molecule is COc1ccc(Cl)cc1NC(=O)C(=O)NN=Cc1ccc(OC(=O)c2ccccc2Cl)cc1. The van der Waals surface area contributed by atoms with E-state index < -0.39 is 17.8 Å². The number of nitrogens with one attached hydrogen (secondary N) is 2. The first-order valence-corrected chi connectivity index (χ1v) is 10.2. The molecule has 3 rings (SSSR count). The molecule has 10 heteroatoms. The van der Waals surface area contributed by atoms with Crippen molar-refractivity contribution in [2.75, 3.05) is 12.4 Å². The third kappa shape index (κ3) is 6.55. The molecule has 0 atom stereocenters. The van der Waals surface area contributed by atoms with Crippen molar-refractivity contribution in [3.8, 4) is 11.5 Å². The number of ether oxygens (including phenoxy) is 2. The molecule has 0 fully saturated rings. The van der Waals surface area contributed by atoms with Gasteiger partial charge in [0.2, 0.25) is 0 Å². The highest BCUT2D eigenvalue weighted by Crippen LogP contribution is 2.27. The van der Waals surface area contributed by atoms with Crippen LogP contribution in [0.4, 0.5) is 5.69 Å². The van der Waals surface area contributed by atoms with Crippen LogP contribution in [-0.4, -0.2) is 31.1 Å². The van der Waals surface area contributed by atoms with E-state index in [0.717, 1.165) is 0 Å². The van der Waals surface area contributed by atoms with Gasteiger partial charge in [-0.05, 0) is 60.2 Å². The number of methoxy groups -OCH3 is 1. The van der Waals surface area contributed by atoms with Crippen molar-refractivity contribution in [3.05, 3.63) is 87.9 Å². The molecule has 8 nitrogen and oxygen atoms in total. The van der Waals surface area contributed by atoms with Crippen molar-refractivity contribution in [3.63, 3.8) is 0 Å². The van der Waals surface area contributed by atoms with Crippen LogP contribution in [0.15, 0.2) is 71.8 Å². The van der Waals surface area contributed by atoms with Crippen molar-refractivity contribution in [2.45, 2.75) is 0 Å². The first kappa shape index (κ1) is 23.8. The van der Waals surface area contributed by atoms with E-state index in [1.54, 1.807) is 60.7 Å². The summed E-state index contributed by atoms with van der Waals surface area (Å²) in [6.45, 7) is 0. The normalized spacial score (nSPS) is 10.5. The molecule has 0 saturated heterocycles. The number of hydrogen-bond acceptors (Lipinski definition) is 6. The Hall–Kier alpha value is -3.88. The molecular formula is C23H17Cl2N3O5. The number of carbonyl (C=O) groups excluding carboxylic acids is 3. The molecule has 0 aliphatic carbocycles. The lowest BCUT2D eigenvalue weighted by Crippen LogP contribution is -2.32. The van der Waals surface area contributed by atoms with Gasteiger partial charge < -0.3 is 14.8 Å². The monoisotopic (exact) mass is 485 g/mol. The van der Waals surface area contributed by atoms with Gasteiger partial charge in [0.1, 0.15) is 11.5 Å². The van der Waals surface area contributed by atoms with E-state index in [1.165, 1.54) is 19.4 Å². The number of carbonyl (C=O) groups is 3. The van der Waals surface area contributed by atoms with Crippen molar-refractivity contribution >= 4 is 52.9 Å². The number of hydrogen-bond donors (Lipinski definition) is 2. The first-order chi connectivity index (χ1) is 15.9. The van der Waals surface area contributed by atoms with Gasteiger partial charge in [-0.2, -0.15) is 5.10 Å². The highest BCUT2D eigenvalue weighted by atomic mass is 35.5. The van der Waals surface area contributed by atoms with Gasteiger partial charge in [0.15, 0.2) is 0 Å². The van der Waals surface area contributed by atoms with Gasteiger partial charge in [0.05, 0.1) is 29.6 Å². The van der Waals surface area contributed by atoms with Gasteiger partial charge in [0, 0.05) is 5.02 Å². The minimum absolute atomic E-state index is 0.246. The first-order valence-electron chi connectivity index (χ1n) is 9.42. The van der Waals surface area contributed by atoms with Gasteiger partial charge >= 0.3 is 17.8 Å². The second-order valence-electron chi connectivity index (χ2n) is 6.44. The minimum Gasteiger partial charge on any atom is -0.495 e. The molecule has 0 aliphatic rings. The average molecular weight is 486 g/mol. The number of esters is 1. The van der Waals surface area contributed by atoms with Crippen LogP contribution >= 0.6 is 23.2 Å². The van der Waals surface area contributed by atoms with Crippen LogP contribution in [-0.2, 0) is 9.59 Å². The van der Waals surface area contributed by atoms with Crippen LogP contribution in [0, 0.1) is 0 Å². The van der Waals surface area contributed by atoms with Crippen LogP contribution in [0.2, 0.25) is 10.0 Å². The maximum atomic E-state index is 12.2. The lowest BCUT2D eigenvalue weighted by molar-refractivity contribution is -0.136. The average Bonchev–Trinajstić information content (AvgIpc) is 2.80. The van der Waals surface area contributed by atoms with Crippen LogP contribution in [0.1, 0.15) is 15.9 Å². The van der Waals surface area contributed by atoms with Gasteiger partial charge in [-0.25, -0.2) is 10.2 Å². The standard InChI is InChI=1S/C23H17Cl2N3O5/c1-32-20-11-8-15(24)12-19(20)27-21(29)22(30)28-26-13-14-6-9-16(10-7-14)33-23(31)17-4-2-3-5-18(17)25/h2-13H,1H3,(H,27,29)(H,28,30). The summed E-state index contributed by atoms with van der Waals surface area (Å²) in [7, 11) is 1.42. The summed E-state index contributed by atoms with van der Waals surface area (Å²) in [5.41, 5.74) is 3.21. The molecule has 2 amide bonds. The highest BCUT2D eigenvalue weighted by molar-refractivity contribution is 6.40. The molecule has 0 unspecified atom stereocenters. The second kappa shape index (κ2) is 11.1. The Morgan fingerprint density at radius 2 is 1.67 bits per heavy atom. The van der Waals surface area contributed by atoms with E-state index in [0.29, 0.717) is 27.1 Å². The minimum atomic E-state index is -0.987. The molecule has 3 aromatic rings. The molecule has 168 valence electrons. The highest BCUT2D eigenvalue weighted by Gasteiger charge is 2.16. The maximum absolute atomic E-state index is 12.2. The molecule has 0 heterocycles. The Bertz CT molecular complexity index is 1210. The molecule has 3 aromatic carbocycles. The molecule has 0 aliphatic heterocycles. The predicted octanol–water partition coefficient (Wildman–Crippen LogP) is 4.31. The Morgan fingerprint density at radius 3 is 2.36 bits per heavy atom. The van der Waals surface area contributed by atoms with Gasteiger partial charge in [-0.3, -0.25) is 9.59 Å². The van der Waals surface area contributed by atoms with Crippen molar-refractivity contribution in [1.29, 1.82) is 0 Å². The topological polar surface area (TPSA) is 106 Å². The quantitative estimate of drug-likeness (QED) is 0.178. The number of amides is 2. The fourth-order valence-electron chi connectivity index (χ4n) is 2.58. The molecule has 33 heavy (non-hydrogen) atoms. The van der Waals surface area contributed by atoms with Gasteiger partial charge in [0.25, 0.3) is 0 Å². The van der Waals surface area contributed by atoms with E-state index in [2.05, 4.69) is 15.8 Å². The zero-order valence-corrected chi connectivity index (χ0v) is 18.7. The zero-order valence-electron chi connectivity index (χ0n) is 17.2. The summed E-state index contributed by atoms with van der Waals surface area (Å²) in [5, 5.41) is 6.81. The third-order valence-corrected chi connectivity index (χ3v) is 4.74. The van der Waals surface area contributed by atoms with Crippen molar-refractivity contribution in [2.24, 2.45) is 5.10 Å². The lowest BCUT2D eigenvalue weighted by atomic mass is 10.2. The fraction of sp³-hybridized carbons (Fsp3) is 0.0435. The molecule has 0 aromatic heterocycles. The zero-order chi connectivity index (χ0) is 23.8. The summed E-state index contributed by atoms with van der Waals surface area (Å²) in [4.78, 5) is 36.2. The third-order valence-electron chi connectivity index (χ3n) is 4.18. The van der Waals surface area contributed by atoms with E-state index in [-0.39, 0.29) is 11.3 Å². The number of anilines is 1.